The Morgan fingerprint density at radius 1 is 0.774 bits per heavy atom. The zero-order chi connectivity index (χ0) is 21.7. The highest BCUT2D eigenvalue weighted by Gasteiger charge is 2.46. The molecule has 1 heteroatoms. The maximum Gasteiger partial charge on any atom is 0.108 e. The van der Waals surface area contributed by atoms with Crippen molar-refractivity contribution in [2.75, 3.05) is 0 Å². The minimum Gasteiger partial charge on any atom is -0.211 e. The fourth-order valence-electron chi connectivity index (χ4n) is 7.22. The number of benzene rings is 1. The van der Waals surface area contributed by atoms with Crippen LogP contribution < -0.4 is 0 Å². The lowest BCUT2D eigenvalue weighted by atomic mass is 9.55. The van der Waals surface area contributed by atoms with Crippen LogP contribution in [0.25, 0.3) is 0 Å². The molecule has 0 bridgehead atoms. The van der Waals surface area contributed by atoms with Crippen molar-refractivity contribution >= 4 is 0 Å². The molecule has 170 valence electrons. The van der Waals surface area contributed by atoms with Crippen molar-refractivity contribution in [3.8, 4) is 0 Å². The van der Waals surface area contributed by atoms with E-state index in [-0.39, 0.29) is 17.2 Å². The van der Waals surface area contributed by atoms with Crippen LogP contribution >= 0.6 is 0 Å². The minimum absolute atomic E-state index is 0.0519. The number of halogens is 1. The molecule has 2 saturated carbocycles. The van der Waals surface area contributed by atoms with Gasteiger partial charge < -0.3 is 0 Å². The zero-order valence-electron chi connectivity index (χ0n) is 19.9. The van der Waals surface area contributed by atoms with E-state index in [1.807, 2.05) is 18.2 Å². The van der Waals surface area contributed by atoms with Crippen LogP contribution in [0.4, 0.5) is 4.39 Å². The molecule has 0 spiro atoms. The summed E-state index contributed by atoms with van der Waals surface area (Å²) in [5.41, 5.74) is 1.03. The van der Waals surface area contributed by atoms with E-state index in [0.717, 1.165) is 17.4 Å². The van der Waals surface area contributed by atoms with Crippen LogP contribution in [0.3, 0.4) is 0 Å². The summed E-state index contributed by atoms with van der Waals surface area (Å²) in [5, 5.41) is 0. The van der Waals surface area contributed by atoms with Crippen molar-refractivity contribution in [3.63, 3.8) is 0 Å². The lowest BCUT2D eigenvalue weighted by Crippen LogP contribution is -2.40. The molecule has 0 nitrogen and oxygen atoms in total. The molecule has 1 atom stereocenters. The molecule has 2 fully saturated rings. The quantitative estimate of drug-likeness (QED) is 0.384. The van der Waals surface area contributed by atoms with Gasteiger partial charge in [0.15, 0.2) is 0 Å². The summed E-state index contributed by atoms with van der Waals surface area (Å²) in [4.78, 5) is 0. The third kappa shape index (κ3) is 5.01. The van der Waals surface area contributed by atoms with Gasteiger partial charge in [0.1, 0.15) is 5.83 Å². The first-order valence-corrected chi connectivity index (χ1v) is 13.3. The van der Waals surface area contributed by atoms with Crippen LogP contribution in [0.15, 0.2) is 54.4 Å². The van der Waals surface area contributed by atoms with Gasteiger partial charge in [-0.15, -0.1) is 0 Å². The zero-order valence-corrected chi connectivity index (χ0v) is 19.9. The van der Waals surface area contributed by atoms with Gasteiger partial charge in [-0.25, -0.2) is 4.39 Å². The number of hydrogen-bond acceptors (Lipinski definition) is 0. The lowest BCUT2D eigenvalue weighted by molar-refractivity contribution is 0.0804. The molecule has 0 saturated heterocycles. The topological polar surface area (TPSA) is 0 Å². The summed E-state index contributed by atoms with van der Waals surface area (Å²) >= 11 is 0. The van der Waals surface area contributed by atoms with E-state index < -0.39 is 0 Å². The normalized spacial score (nSPS) is 33.1. The van der Waals surface area contributed by atoms with Crippen molar-refractivity contribution in [1.29, 1.82) is 0 Å². The van der Waals surface area contributed by atoms with E-state index in [0.29, 0.717) is 11.8 Å². The van der Waals surface area contributed by atoms with Crippen molar-refractivity contribution in [2.45, 2.75) is 96.8 Å². The number of hydrogen-bond donors (Lipinski definition) is 0. The molecule has 31 heavy (non-hydrogen) atoms. The van der Waals surface area contributed by atoms with Gasteiger partial charge in [-0.3, -0.25) is 0 Å². The highest BCUT2D eigenvalue weighted by atomic mass is 19.1. The monoisotopic (exact) mass is 422 g/mol. The molecule has 0 radical (unpaired) electrons. The van der Waals surface area contributed by atoms with Crippen LogP contribution in [-0.4, -0.2) is 0 Å². The van der Waals surface area contributed by atoms with Gasteiger partial charge >= 0.3 is 0 Å². The summed E-state index contributed by atoms with van der Waals surface area (Å²) in [7, 11) is 0. The fourth-order valence-corrected chi connectivity index (χ4v) is 7.22. The molecule has 0 amide bonds. The summed E-state index contributed by atoms with van der Waals surface area (Å²) < 4.78 is 15.7. The molecule has 0 heterocycles. The second kappa shape index (κ2) is 10.5. The number of rotatable bonds is 7. The molecule has 3 aliphatic carbocycles. The smallest absolute Gasteiger partial charge is 0.108 e. The van der Waals surface area contributed by atoms with Gasteiger partial charge in [-0.05, 0) is 61.0 Å². The average molecular weight is 423 g/mol. The largest absolute Gasteiger partial charge is 0.211 e. The Labute approximate surface area is 190 Å². The van der Waals surface area contributed by atoms with Crippen LogP contribution in [0.1, 0.15) is 102 Å². The third-order valence-electron chi connectivity index (χ3n) is 8.92. The first-order valence-electron chi connectivity index (χ1n) is 13.3. The maximum atomic E-state index is 15.7. The van der Waals surface area contributed by atoms with Crippen LogP contribution in [0.5, 0.6) is 0 Å². The second-order valence-corrected chi connectivity index (χ2v) is 10.8. The predicted octanol–water partition coefficient (Wildman–Crippen LogP) is 9.39. The summed E-state index contributed by atoms with van der Waals surface area (Å²) in [5.74, 6) is 2.94. The molecule has 0 N–H and O–H groups in total. The van der Waals surface area contributed by atoms with Gasteiger partial charge in [0.05, 0.1) is 5.92 Å². The molecule has 3 aliphatic rings. The van der Waals surface area contributed by atoms with Crippen molar-refractivity contribution in [1.82, 2.24) is 0 Å². The maximum absolute atomic E-state index is 15.7. The van der Waals surface area contributed by atoms with E-state index in [9.17, 15) is 0 Å². The lowest BCUT2D eigenvalue weighted by Gasteiger charge is -2.49. The van der Waals surface area contributed by atoms with Gasteiger partial charge in [-0.1, -0.05) is 108 Å². The first-order chi connectivity index (χ1) is 15.2. The molecular weight excluding hydrogens is 379 g/mol. The highest BCUT2D eigenvalue weighted by molar-refractivity contribution is 5.38. The fraction of sp³-hybridized carbons (Fsp3) is 0.667. The first kappa shape index (κ1) is 22.8. The van der Waals surface area contributed by atoms with E-state index >= 15 is 4.39 Å². The summed E-state index contributed by atoms with van der Waals surface area (Å²) in [6.07, 6.45) is 22.7. The van der Waals surface area contributed by atoms with Crippen LogP contribution in [0.2, 0.25) is 0 Å². The summed E-state index contributed by atoms with van der Waals surface area (Å²) in [6.45, 7) is 4.63. The van der Waals surface area contributed by atoms with Gasteiger partial charge in [0, 0.05) is 5.41 Å². The Balaban J connectivity index is 1.57. The molecule has 1 aromatic rings. The third-order valence-corrected chi connectivity index (χ3v) is 8.92. The highest BCUT2D eigenvalue weighted by Crippen LogP contribution is 2.55. The van der Waals surface area contributed by atoms with Crippen molar-refractivity contribution in [2.24, 2.45) is 29.1 Å². The second-order valence-electron chi connectivity index (χ2n) is 10.8. The van der Waals surface area contributed by atoms with Crippen molar-refractivity contribution in [3.05, 3.63) is 60.0 Å². The van der Waals surface area contributed by atoms with Gasteiger partial charge in [-0.2, -0.15) is 0 Å². The molecular formula is C30H43F. The van der Waals surface area contributed by atoms with E-state index in [2.05, 4.69) is 44.2 Å². The molecule has 0 aliphatic heterocycles. The van der Waals surface area contributed by atoms with Gasteiger partial charge in [0.25, 0.3) is 0 Å². The van der Waals surface area contributed by atoms with Crippen LogP contribution in [0, 0.1) is 29.1 Å². The Kier molecular flexibility index (Phi) is 7.72. The number of allylic oxidation sites excluding steroid dienone is 4. The molecule has 0 aromatic heterocycles. The molecule has 1 unspecified atom stereocenters. The average Bonchev–Trinajstić information content (AvgIpc) is 2.81. The molecule has 1 aromatic carbocycles. The standard InChI is InChI=1S/C30H43F/c1-3-8-23-12-16-26(17-13-23)30(27-18-14-24(9-4-2)15-19-27)21-20-28(29(31)22-30)25-10-6-5-7-11-25/h5-7,10-11,20-24,26-28H,3-4,8-9,12-19H2,1-2H3/t23-,24-,26-,27-,28?. The van der Waals surface area contributed by atoms with E-state index in [4.69, 9.17) is 0 Å². The molecule has 4 rings (SSSR count). The Hall–Kier alpha value is -1.37. The Morgan fingerprint density at radius 2 is 1.29 bits per heavy atom. The minimum atomic E-state index is -0.192. The van der Waals surface area contributed by atoms with Gasteiger partial charge in [0.2, 0.25) is 0 Å². The Morgan fingerprint density at radius 3 is 1.74 bits per heavy atom. The Bertz CT molecular complexity index is 703. The predicted molar refractivity (Wildman–Crippen MR) is 131 cm³/mol. The van der Waals surface area contributed by atoms with E-state index in [1.54, 1.807) is 0 Å². The van der Waals surface area contributed by atoms with Crippen LogP contribution in [-0.2, 0) is 0 Å². The summed E-state index contributed by atoms with van der Waals surface area (Å²) in [6, 6.07) is 10.2. The SMILES string of the molecule is CCC[C@H]1CC[C@H](C2([C@H]3CC[C@H](CCC)CC3)C=CC(c3ccccc3)C(F)=C2)CC1. The van der Waals surface area contributed by atoms with E-state index in [1.165, 1.54) is 77.0 Å². The van der Waals surface area contributed by atoms with Crippen molar-refractivity contribution < 1.29 is 4.39 Å².